The summed E-state index contributed by atoms with van der Waals surface area (Å²) in [5.74, 6) is 3.31. The highest BCUT2D eigenvalue weighted by Crippen LogP contribution is 2.42. The summed E-state index contributed by atoms with van der Waals surface area (Å²) in [5.41, 5.74) is 3.41. The van der Waals surface area contributed by atoms with Crippen molar-refractivity contribution >= 4 is 22.8 Å². The van der Waals surface area contributed by atoms with Gasteiger partial charge in [-0.2, -0.15) is 0 Å². The predicted octanol–water partition coefficient (Wildman–Crippen LogP) is 3.81. The molecule has 1 unspecified atom stereocenters. The highest BCUT2D eigenvalue weighted by Gasteiger charge is 2.26. The summed E-state index contributed by atoms with van der Waals surface area (Å²) in [7, 11) is 1.68. The van der Waals surface area contributed by atoms with Gasteiger partial charge in [-0.3, -0.25) is 0 Å². The smallest absolute Gasteiger partial charge is 0.121 e. The number of H-pyrrole nitrogens is 1. The van der Waals surface area contributed by atoms with Crippen molar-refractivity contribution in [1.29, 1.82) is 0 Å². The van der Waals surface area contributed by atoms with Crippen LogP contribution in [0, 0.1) is 0 Å². The molecule has 0 fully saturated rings. The number of aromatic nitrogens is 2. The zero-order chi connectivity index (χ0) is 13.5. The number of hydrogen-bond acceptors (Lipinski definition) is 3. The van der Waals surface area contributed by atoms with Crippen LogP contribution in [-0.4, -0.2) is 22.8 Å². The molecule has 0 amide bonds. The molecule has 100 valence electrons. The molecule has 1 aliphatic rings. The van der Waals surface area contributed by atoms with E-state index in [1.54, 1.807) is 7.11 Å². The number of aromatic amines is 1. The van der Waals surface area contributed by atoms with Crippen LogP contribution in [0.15, 0.2) is 47.4 Å². The number of fused-ring (bicyclic) bond motifs is 2. The number of nitrogens with zero attached hydrogens (tertiary/aromatic N) is 1. The molecule has 0 aliphatic carbocycles. The number of rotatable bonds is 2. The largest absolute Gasteiger partial charge is 0.497 e. The Morgan fingerprint density at radius 1 is 1.25 bits per heavy atom. The molecule has 1 atom stereocenters. The van der Waals surface area contributed by atoms with Gasteiger partial charge in [-0.25, -0.2) is 4.98 Å². The van der Waals surface area contributed by atoms with Crippen LogP contribution >= 0.6 is 11.8 Å². The van der Waals surface area contributed by atoms with Crippen LogP contribution < -0.4 is 4.74 Å². The second-order valence-corrected chi connectivity index (χ2v) is 5.97. The molecular weight excluding hydrogens is 268 g/mol. The topological polar surface area (TPSA) is 37.9 Å². The minimum absolute atomic E-state index is 0.356. The van der Waals surface area contributed by atoms with Crippen molar-refractivity contribution in [2.45, 2.75) is 10.8 Å². The molecule has 2 heterocycles. The van der Waals surface area contributed by atoms with Crippen molar-refractivity contribution in [3.63, 3.8) is 0 Å². The molecule has 0 saturated carbocycles. The highest BCUT2D eigenvalue weighted by molar-refractivity contribution is 7.99. The van der Waals surface area contributed by atoms with Crippen LogP contribution in [0.4, 0.5) is 0 Å². The lowest BCUT2D eigenvalue weighted by Gasteiger charge is -2.06. The van der Waals surface area contributed by atoms with Crippen molar-refractivity contribution in [2.75, 3.05) is 12.9 Å². The fourth-order valence-corrected chi connectivity index (χ4v) is 3.92. The first-order valence-electron chi connectivity index (χ1n) is 6.60. The third kappa shape index (κ3) is 1.79. The monoisotopic (exact) mass is 282 g/mol. The van der Waals surface area contributed by atoms with Gasteiger partial charge >= 0.3 is 0 Å². The normalized spacial score (nSPS) is 17.4. The van der Waals surface area contributed by atoms with Crippen molar-refractivity contribution in [1.82, 2.24) is 9.97 Å². The van der Waals surface area contributed by atoms with Gasteiger partial charge in [-0.05, 0) is 23.8 Å². The molecule has 0 radical (unpaired) electrons. The predicted molar refractivity (Wildman–Crippen MR) is 81.7 cm³/mol. The molecule has 3 nitrogen and oxygen atoms in total. The molecule has 2 aromatic carbocycles. The van der Waals surface area contributed by atoms with Gasteiger partial charge in [-0.1, -0.05) is 18.2 Å². The van der Waals surface area contributed by atoms with E-state index in [1.807, 2.05) is 30.0 Å². The Kier molecular flexibility index (Phi) is 2.70. The molecular formula is C16H14N2OS. The third-order valence-electron chi connectivity index (χ3n) is 3.74. The third-order valence-corrected chi connectivity index (χ3v) is 4.92. The van der Waals surface area contributed by atoms with Crippen LogP contribution in [0.25, 0.3) is 11.0 Å². The van der Waals surface area contributed by atoms with Crippen molar-refractivity contribution in [2.24, 2.45) is 0 Å². The van der Waals surface area contributed by atoms with E-state index >= 15 is 0 Å². The number of hydrogen-bond donors (Lipinski definition) is 1. The highest BCUT2D eigenvalue weighted by atomic mass is 32.2. The Balaban J connectivity index is 1.80. The number of benzene rings is 2. The van der Waals surface area contributed by atoms with Crippen LogP contribution in [0.3, 0.4) is 0 Å². The first-order valence-corrected chi connectivity index (χ1v) is 7.59. The lowest BCUT2D eigenvalue weighted by Crippen LogP contribution is -2.01. The summed E-state index contributed by atoms with van der Waals surface area (Å²) in [6.45, 7) is 0. The fraction of sp³-hybridized carbons (Fsp3) is 0.188. The first kappa shape index (κ1) is 11.9. The average molecular weight is 282 g/mol. The van der Waals surface area contributed by atoms with Gasteiger partial charge in [0.25, 0.3) is 0 Å². The van der Waals surface area contributed by atoms with E-state index in [4.69, 9.17) is 9.72 Å². The second kappa shape index (κ2) is 4.56. The minimum atomic E-state index is 0.356. The molecule has 4 heteroatoms. The standard InChI is InChI=1S/C16H14N2OS/c1-19-10-6-7-13-14(8-10)18-16(17-13)12-9-20-15-5-3-2-4-11(12)15/h2-8,12H,9H2,1H3,(H,17,18). The molecule has 1 aromatic heterocycles. The summed E-state index contributed by atoms with van der Waals surface area (Å²) in [4.78, 5) is 9.56. The molecule has 0 saturated heterocycles. The van der Waals surface area contributed by atoms with E-state index in [1.165, 1.54) is 10.5 Å². The van der Waals surface area contributed by atoms with Crippen LogP contribution in [-0.2, 0) is 0 Å². The summed E-state index contributed by atoms with van der Waals surface area (Å²) in [6.07, 6.45) is 0. The Labute approximate surface area is 121 Å². The molecule has 0 spiro atoms. The molecule has 4 rings (SSSR count). The zero-order valence-corrected chi connectivity index (χ0v) is 11.9. The van der Waals surface area contributed by atoms with E-state index in [-0.39, 0.29) is 0 Å². The van der Waals surface area contributed by atoms with Crippen molar-refractivity contribution in [3.05, 3.63) is 53.9 Å². The second-order valence-electron chi connectivity index (χ2n) is 4.91. The van der Waals surface area contributed by atoms with E-state index in [0.29, 0.717) is 5.92 Å². The van der Waals surface area contributed by atoms with Gasteiger partial charge < -0.3 is 9.72 Å². The summed E-state index contributed by atoms with van der Waals surface area (Å²) in [6, 6.07) is 14.5. The van der Waals surface area contributed by atoms with Gasteiger partial charge in [0.2, 0.25) is 0 Å². The number of nitrogens with one attached hydrogen (secondary N) is 1. The van der Waals surface area contributed by atoms with Crippen molar-refractivity contribution in [3.8, 4) is 5.75 Å². The summed E-state index contributed by atoms with van der Waals surface area (Å²) in [5, 5.41) is 0. The molecule has 3 aromatic rings. The molecule has 1 N–H and O–H groups in total. The van der Waals surface area contributed by atoms with E-state index in [2.05, 4.69) is 29.2 Å². The maximum atomic E-state index is 5.26. The SMILES string of the molecule is COc1ccc2nc(C3CSc4ccccc43)[nH]c2c1. The zero-order valence-electron chi connectivity index (χ0n) is 11.1. The number of thioether (sulfide) groups is 1. The summed E-state index contributed by atoms with van der Waals surface area (Å²) >= 11 is 1.90. The minimum Gasteiger partial charge on any atom is -0.497 e. The Bertz CT molecular complexity index is 781. The number of imidazole rings is 1. The van der Waals surface area contributed by atoms with E-state index < -0.39 is 0 Å². The average Bonchev–Trinajstić information content (AvgIpc) is 3.09. The van der Waals surface area contributed by atoms with Crippen molar-refractivity contribution < 1.29 is 4.74 Å². The molecule has 20 heavy (non-hydrogen) atoms. The lowest BCUT2D eigenvalue weighted by molar-refractivity contribution is 0.415. The van der Waals surface area contributed by atoms with Gasteiger partial charge in [-0.15, -0.1) is 11.8 Å². The van der Waals surface area contributed by atoms with Gasteiger partial charge in [0, 0.05) is 16.7 Å². The quantitative estimate of drug-likeness (QED) is 0.776. The Morgan fingerprint density at radius 2 is 2.15 bits per heavy atom. The maximum absolute atomic E-state index is 5.26. The van der Waals surface area contributed by atoms with E-state index in [9.17, 15) is 0 Å². The van der Waals surface area contributed by atoms with Crippen LogP contribution in [0.2, 0.25) is 0 Å². The van der Waals surface area contributed by atoms with Crippen LogP contribution in [0.1, 0.15) is 17.3 Å². The Morgan fingerprint density at radius 3 is 3.05 bits per heavy atom. The van der Waals surface area contributed by atoms with Gasteiger partial charge in [0.1, 0.15) is 11.6 Å². The van der Waals surface area contributed by atoms with E-state index in [0.717, 1.165) is 28.4 Å². The number of methoxy groups -OCH3 is 1. The Hall–Kier alpha value is -1.94. The molecule has 1 aliphatic heterocycles. The summed E-state index contributed by atoms with van der Waals surface area (Å²) < 4.78 is 5.26. The van der Waals surface area contributed by atoms with Crippen LogP contribution in [0.5, 0.6) is 5.75 Å². The maximum Gasteiger partial charge on any atom is 0.121 e. The first-order chi connectivity index (χ1) is 9.85. The fourth-order valence-electron chi connectivity index (χ4n) is 2.69. The number of ether oxygens (including phenoxy) is 1. The lowest BCUT2D eigenvalue weighted by atomic mass is 10.0. The van der Waals surface area contributed by atoms with Gasteiger partial charge in [0.15, 0.2) is 0 Å². The van der Waals surface area contributed by atoms with Gasteiger partial charge in [0.05, 0.1) is 24.1 Å². The molecule has 0 bridgehead atoms.